The van der Waals surface area contributed by atoms with Gasteiger partial charge in [-0.15, -0.1) is 0 Å². The SMILES string of the molecule is FC(F)(F)C1=C(Cl)C(CN(CCCBr)CCc2ccccc2)CCC1. The Balaban J connectivity index is 2.02. The normalized spacial score (nSPS) is 18.9. The summed E-state index contributed by atoms with van der Waals surface area (Å²) in [7, 11) is 0. The van der Waals surface area contributed by atoms with Crippen LogP contribution in [-0.4, -0.2) is 36.0 Å². The zero-order valence-electron chi connectivity index (χ0n) is 14.2. The van der Waals surface area contributed by atoms with Gasteiger partial charge in [0.05, 0.1) is 0 Å². The second-order valence-electron chi connectivity index (χ2n) is 6.49. The summed E-state index contributed by atoms with van der Waals surface area (Å²) in [4.78, 5) is 2.25. The molecule has 1 nitrogen and oxygen atoms in total. The van der Waals surface area contributed by atoms with Crippen LogP contribution in [-0.2, 0) is 6.42 Å². The largest absolute Gasteiger partial charge is 0.413 e. The van der Waals surface area contributed by atoms with Crippen LogP contribution in [0.4, 0.5) is 13.2 Å². The predicted molar refractivity (Wildman–Crippen MR) is 101 cm³/mol. The van der Waals surface area contributed by atoms with Gasteiger partial charge in [0.1, 0.15) is 0 Å². The summed E-state index contributed by atoms with van der Waals surface area (Å²) < 4.78 is 39.3. The third kappa shape index (κ3) is 6.61. The van der Waals surface area contributed by atoms with Gasteiger partial charge in [-0.25, -0.2) is 0 Å². The fourth-order valence-electron chi connectivity index (χ4n) is 3.29. The van der Waals surface area contributed by atoms with Gasteiger partial charge in [-0.3, -0.25) is 0 Å². The van der Waals surface area contributed by atoms with Gasteiger partial charge in [0.15, 0.2) is 0 Å². The second kappa shape index (κ2) is 9.98. The minimum absolute atomic E-state index is 0.0299. The number of hydrogen-bond donors (Lipinski definition) is 0. The molecule has 1 aromatic rings. The first-order valence-corrected chi connectivity index (χ1v) is 10.2. The predicted octanol–water partition coefficient (Wildman–Crippen LogP) is 6.17. The molecule has 0 fully saturated rings. The van der Waals surface area contributed by atoms with Gasteiger partial charge in [0.25, 0.3) is 0 Å². The average Bonchev–Trinajstić information content (AvgIpc) is 2.58. The lowest BCUT2D eigenvalue weighted by Crippen LogP contribution is -2.34. The topological polar surface area (TPSA) is 3.24 Å². The third-order valence-electron chi connectivity index (χ3n) is 4.61. The summed E-state index contributed by atoms with van der Waals surface area (Å²) in [5, 5.41) is 0.916. The van der Waals surface area contributed by atoms with Crippen LogP contribution in [0.2, 0.25) is 0 Å². The number of allylic oxidation sites excluding steroid dienone is 1. The van der Waals surface area contributed by atoms with Crippen LogP contribution in [0.3, 0.4) is 0 Å². The van der Waals surface area contributed by atoms with Crippen molar-refractivity contribution in [3.8, 4) is 0 Å². The van der Waals surface area contributed by atoms with Gasteiger partial charge in [-0.05, 0) is 44.2 Å². The van der Waals surface area contributed by atoms with Crippen LogP contribution in [0, 0.1) is 5.92 Å². The van der Waals surface area contributed by atoms with Crippen LogP contribution in [0.25, 0.3) is 0 Å². The molecule has 1 unspecified atom stereocenters. The smallest absolute Gasteiger partial charge is 0.302 e. The molecule has 0 amide bonds. The van der Waals surface area contributed by atoms with Crippen LogP contribution in [0.15, 0.2) is 40.9 Å². The summed E-state index contributed by atoms with van der Waals surface area (Å²) in [5.41, 5.74) is 0.724. The van der Waals surface area contributed by atoms with Crippen molar-refractivity contribution in [2.24, 2.45) is 5.92 Å². The van der Waals surface area contributed by atoms with Crippen molar-refractivity contribution in [2.45, 2.75) is 38.3 Å². The lowest BCUT2D eigenvalue weighted by atomic mass is 9.89. The zero-order valence-corrected chi connectivity index (χ0v) is 16.5. The summed E-state index contributed by atoms with van der Waals surface area (Å²) in [5.74, 6) is -0.210. The Morgan fingerprint density at radius 3 is 2.52 bits per heavy atom. The zero-order chi connectivity index (χ0) is 18.3. The minimum atomic E-state index is -4.31. The first-order valence-electron chi connectivity index (χ1n) is 8.69. The highest BCUT2D eigenvalue weighted by Gasteiger charge is 2.39. The van der Waals surface area contributed by atoms with Crippen LogP contribution >= 0.6 is 27.5 Å². The molecule has 0 aliphatic heterocycles. The molecule has 0 spiro atoms. The van der Waals surface area contributed by atoms with Gasteiger partial charge in [-0.1, -0.05) is 57.9 Å². The molecule has 0 aromatic heterocycles. The number of rotatable bonds is 8. The van der Waals surface area contributed by atoms with E-state index in [1.165, 1.54) is 5.56 Å². The van der Waals surface area contributed by atoms with Crippen molar-refractivity contribution in [1.29, 1.82) is 0 Å². The fraction of sp³-hybridized carbons (Fsp3) is 0.579. The monoisotopic (exact) mass is 437 g/mol. The highest BCUT2D eigenvalue weighted by Crippen LogP contribution is 2.41. The van der Waals surface area contributed by atoms with Crippen molar-refractivity contribution in [2.75, 3.05) is 25.0 Å². The summed E-state index contributed by atoms with van der Waals surface area (Å²) >= 11 is 9.59. The maximum absolute atomic E-state index is 13.1. The van der Waals surface area contributed by atoms with Crippen molar-refractivity contribution in [1.82, 2.24) is 4.90 Å². The number of alkyl halides is 4. The van der Waals surface area contributed by atoms with E-state index in [9.17, 15) is 13.2 Å². The molecule has 25 heavy (non-hydrogen) atoms. The highest BCUT2D eigenvalue weighted by molar-refractivity contribution is 9.09. The molecule has 2 rings (SSSR count). The minimum Gasteiger partial charge on any atom is -0.302 e. The van der Waals surface area contributed by atoms with Crippen molar-refractivity contribution >= 4 is 27.5 Å². The standard InChI is InChI=1S/C19H24BrClF3N/c20-11-5-12-25(13-10-15-6-2-1-3-7-15)14-16-8-4-9-17(18(16)21)19(22,23)24/h1-3,6-7,16H,4-5,8-14H2. The van der Waals surface area contributed by atoms with Gasteiger partial charge in [0.2, 0.25) is 0 Å². The Hall–Kier alpha value is -0.520. The van der Waals surface area contributed by atoms with Gasteiger partial charge in [-0.2, -0.15) is 13.2 Å². The molecule has 6 heteroatoms. The molecule has 0 saturated heterocycles. The number of nitrogens with zero attached hydrogens (tertiary/aromatic N) is 1. The Morgan fingerprint density at radius 2 is 1.88 bits per heavy atom. The molecule has 1 aliphatic rings. The molecule has 0 N–H and O–H groups in total. The Bertz CT molecular complexity index is 560. The fourth-order valence-corrected chi connectivity index (χ4v) is 3.92. The van der Waals surface area contributed by atoms with E-state index < -0.39 is 11.7 Å². The van der Waals surface area contributed by atoms with E-state index in [1.54, 1.807) is 0 Å². The number of benzene rings is 1. The van der Waals surface area contributed by atoms with E-state index in [4.69, 9.17) is 11.6 Å². The van der Waals surface area contributed by atoms with Crippen LogP contribution in [0.5, 0.6) is 0 Å². The Kier molecular flexibility index (Phi) is 8.30. The molecule has 0 saturated carbocycles. The maximum Gasteiger partial charge on any atom is 0.413 e. The molecule has 0 radical (unpaired) electrons. The van der Waals surface area contributed by atoms with Crippen molar-refractivity contribution in [3.63, 3.8) is 0 Å². The molecule has 140 valence electrons. The molecule has 0 heterocycles. The molecule has 1 atom stereocenters. The van der Waals surface area contributed by atoms with E-state index in [2.05, 4.69) is 33.0 Å². The third-order valence-corrected chi connectivity index (χ3v) is 5.71. The van der Waals surface area contributed by atoms with Gasteiger partial charge >= 0.3 is 6.18 Å². The van der Waals surface area contributed by atoms with Crippen molar-refractivity contribution < 1.29 is 13.2 Å². The van der Waals surface area contributed by atoms with E-state index in [1.807, 2.05) is 18.2 Å². The highest BCUT2D eigenvalue weighted by atomic mass is 79.9. The number of hydrogen-bond acceptors (Lipinski definition) is 1. The summed E-state index contributed by atoms with van der Waals surface area (Å²) in [6.07, 6.45) is -1.11. The van der Waals surface area contributed by atoms with Gasteiger partial charge in [0, 0.05) is 34.9 Å². The summed E-state index contributed by atoms with van der Waals surface area (Å²) in [6.45, 7) is 2.29. The molecule has 1 aliphatic carbocycles. The van der Waals surface area contributed by atoms with E-state index >= 15 is 0 Å². The van der Waals surface area contributed by atoms with Crippen molar-refractivity contribution in [3.05, 3.63) is 46.5 Å². The van der Waals surface area contributed by atoms with Gasteiger partial charge < -0.3 is 4.90 Å². The molecule has 0 bridgehead atoms. The maximum atomic E-state index is 13.1. The molecular weight excluding hydrogens is 415 g/mol. The molecular formula is C19H24BrClF3N. The van der Waals surface area contributed by atoms with E-state index in [0.717, 1.165) is 37.7 Å². The lowest BCUT2D eigenvalue weighted by molar-refractivity contribution is -0.0961. The first-order chi connectivity index (χ1) is 11.9. The first kappa shape index (κ1) is 20.8. The lowest BCUT2D eigenvalue weighted by Gasteiger charge is -2.31. The van der Waals surface area contributed by atoms with Crippen LogP contribution in [0.1, 0.15) is 31.2 Å². The summed E-state index contributed by atoms with van der Waals surface area (Å²) in [6, 6.07) is 10.2. The second-order valence-corrected chi connectivity index (χ2v) is 7.69. The van der Waals surface area contributed by atoms with Crippen LogP contribution < -0.4 is 0 Å². The average molecular weight is 439 g/mol. The quantitative estimate of drug-likeness (QED) is 0.439. The number of halogens is 5. The molecule has 1 aromatic carbocycles. The van der Waals surface area contributed by atoms with E-state index in [-0.39, 0.29) is 17.4 Å². The Labute approximate surface area is 161 Å². The Morgan fingerprint density at radius 1 is 1.16 bits per heavy atom. The van der Waals surface area contributed by atoms with E-state index in [0.29, 0.717) is 13.0 Å².